The van der Waals surface area contributed by atoms with Crippen LogP contribution in [-0.4, -0.2) is 27.1 Å². The van der Waals surface area contributed by atoms with E-state index in [4.69, 9.17) is 4.42 Å². The molecule has 144 valence electrons. The highest BCUT2D eigenvalue weighted by Gasteiger charge is 2.27. The maximum Gasteiger partial charge on any atom is 0.264 e. The van der Waals surface area contributed by atoms with Crippen molar-refractivity contribution in [2.75, 3.05) is 10.8 Å². The fourth-order valence-corrected chi connectivity index (χ4v) is 4.07. The average molecular weight is 397 g/mol. The van der Waals surface area contributed by atoms with Crippen LogP contribution in [0.4, 0.5) is 5.69 Å². The van der Waals surface area contributed by atoms with Crippen LogP contribution < -0.4 is 9.73 Å². The summed E-state index contributed by atoms with van der Waals surface area (Å²) in [6.07, 6.45) is 2.82. The molecule has 2 aromatic carbocycles. The van der Waals surface area contributed by atoms with E-state index in [9.17, 15) is 13.2 Å². The second kappa shape index (κ2) is 8.53. The summed E-state index contributed by atoms with van der Waals surface area (Å²) in [4.78, 5) is 12.5. The largest absolute Gasteiger partial charge is 0.463 e. The lowest BCUT2D eigenvalue weighted by Crippen LogP contribution is -2.40. The Morgan fingerprint density at radius 1 is 1.07 bits per heavy atom. The molecule has 1 N–H and O–H groups in total. The Morgan fingerprint density at radius 2 is 1.79 bits per heavy atom. The maximum atomic E-state index is 13.2. The number of nitrogens with zero attached hydrogens (tertiary/aromatic N) is 2. The van der Waals surface area contributed by atoms with E-state index in [0.29, 0.717) is 11.4 Å². The van der Waals surface area contributed by atoms with Crippen molar-refractivity contribution in [1.82, 2.24) is 5.43 Å². The standard InChI is InChI=1S/C20H19N3O4S/c1-16-8-5-6-12-19(16)23(28(25,26)18-10-3-2-4-11-18)15-20(24)22-21-14-17-9-7-13-27-17/h2-14H,15H2,1H3,(H,22,24). The molecule has 0 spiro atoms. The molecule has 1 heterocycles. The minimum Gasteiger partial charge on any atom is -0.463 e. The van der Waals surface area contributed by atoms with Crippen molar-refractivity contribution >= 4 is 27.8 Å². The van der Waals surface area contributed by atoms with Crippen molar-refractivity contribution in [2.24, 2.45) is 5.10 Å². The first-order valence-corrected chi connectivity index (χ1v) is 9.91. The lowest BCUT2D eigenvalue weighted by atomic mass is 10.2. The predicted molar refractivity (Wildman–Crippen MR) is 107 cm³/mol. The number of hydrogen-bond donors (Lipinski definition) is 1. The minimum atomic E-state index is -3.94. The minimum absolute atomic E-state index is 0.102. The van der Waals surface area contributed by atoms with E-state index in [1.807, 2.05) is 0 Å². The van der Waals surface area contributed by atoms with Crippen LogP contribution >= 0.6 is 0 Å². The van der Waals surface area contributed by atoms with E-state index in [2.05, 4.69) is 10.5 Å². The summed E-state index contributed by atoms with van der Waals surface area (Å²) < 4.78 is 32.5. The topological polar surface area (TPSA) is 92.0 Å². The SMILES string of the molecule is Cc1ccccc1N(CC(=O)NN=Cc1ccco1)S(=O)(=O)c1ccccc1. The second-order valence-corrected chi connectivity index (χ2v) is 7.78. The van der Waals surface area contributed by atoms with Gasteiger partial charge < -0.3 is 4.42 Å². The van der Waals surface area contributed by atoms with Gasteiger partial charge in [-0.25, -0.2) is 13.8 Å². The molecule has 0 aliphatic heterocycles. The van der Waals surface area contributed by atoms with Crippen LogP contribution in [0.2, 0.25) is 0 Å². The fraction of sp³-hybridized carbons (Fsp3) is 0.100. The summed E-state index contributed by atoms with van der Waals surface area (Å²) in [5.74, 6) is -0.112. The number of sulfonamides is 1. The van der Waals surface area contributed by atoms with Crippen molar-refractivity contribution in [1.29, 1.82) is 0 Å². The van der Waals surface area contributed by atoms with Gasteiger partial charge in [0.25, 0.3) is 15.9 Å². The van der Waals surface area contributed by atoms with Gasteiger partial charge in [0.05, 0.1) is 23.1 Å². The molecule has 28 heavy (non-hydrogen) atoms. The number of hydrazone groups is 1. The Kier molecular flexibility index (Phi) is 5.90. The first-order valence-electron chi connectivity index (χ1n) is 8.47. The number of para-hydroxylation sites is 1. The van der Waals surface area contributed by atoms with E-state index in [1.165, 1.54) is 24.6 Å². The Bertz CT molecular complexity index is 1060. The molecule has 1 amide bonds. The molecule has 3 aromatic rings. The third-order valence-corrected chi connectivity index (χ3v) is 5.70. The van der Waals surface area contributed by atoms with Crippen molar-refractivity contribution in [3.63, 3.8) is 0 Å². The van der Waals surface area contributed by atoms with E-state index in [1.54, 1.807) is 61.5 Å². The second-order valence-electron chi connectivity index (χ2n) is 5.92. The van der Waals surface area contributed by atoms with E-state index < -0.39 is 22.5 Å². The smallest absolute Gasteiger partial charge is 0.264 e. The van der Waals surface area contributed by atoms with Gasteiger partial charge in [0.15, 0.2) is 0 Å². The van der Waals surface area contributed by atoms with Crippen LogP contribution in [0.3, 0.4) is 0 Å². The number of aryl methyl sites for hydroxylation is 1. The first-order chi connectivity index (χ1) is 13.5. The van der Waals surface area contributed by atoms with Crippen LogP contribution in [0.1, 0.15) is 11.3 Å². The van der Waals surface area contributed by atoms with E-state index in [0.717, 1.165) is 9.87 Å². The molecular formula is C20H19N3O4S. The third-order valence-electron chi connectivity index (χ3n) is 3.93. The number of carbonyl (C=O) groups excluding carboxylic acids is 1. The van der Waals surface area contributed by atoms with E-state index >= 15 is 0 Å². The number of carbonyl (C=O) groups is 1. The van der Waals surface area contributed by atoms with Crippen LogP contribution in [0.15, 0.2) is 87.4 Å². The number of nitrogens with one attached hydrogen (secondary N) is 1. The number of anilines is 1. The van der Waals surface area contributed by atoms with Gasteiger partial charge in [0.1, 0.15) is 12.3 Å². The van der Waals surface area contributed by atoms with Gasteiger partial charge >= 0.3 is 0 Å². The molecule has 7 nitrogen and oxygen atoms in total. The highest BCUT2D eigenvalue weighted by atomic mass is 32.2. The third kappa shape index (κ3) is 4.47. The molecule has 0 aliphatic carbocycles. The number of benzene rings is 2. The molecule has 0 fully saturated rings. The zero-order chi connectivity index (χ0) is 20.0. The Balaban J connectivity index is 1.87. The van der Waals surface area contributed by atoms with Gasteiger partial charge in [-0.15, -0.1) is 0 Å². The van der Waals surface area contributed by atoms with Crippen LogP contribution in [0.25, 0.3) is 0 Å². The maximum absolute atomic E-state index is 13.2. The molecule has 0 bridgehead atoms. The highest BCUT2D eigenvalue weighted by molar-refractivity contribution is 7.92. The van der Waals surface area contributed by atoms with Crippen molar-refractivity contribution in [3.05, 3.63) is 84.3 Å². The van der Waals surface area contributed by atoms with Gasteiger partial charge in [0, 0.05) is 0 Å². The predicted octanol–water partition coefficient (Wildman–Crippen LogP) is 2.93. The number of amides is 1. The lowest BCUT2D eigenvalue weighted by Gasteiger charge is -2.25. The molecule has 3 rings (SSSR count). The highest BCUT2D eigenvalue weighted by Crippen LogP contribution is 2.26. The van der Waals surface area contributed by atoms with Gasteiger partial charge in [0.2, 0.25) is 0 Å². The first kappa shape index (κ1) is 19.4. The zero-order valence-electron chi connectivity index (χ0n) is 15.1. The normalized spacial score (nSPS) is 11.5. The molecule has 0 unspecified atom stereocenters. The molecule has 0 saturated carbocycles. The van der Waals surface area contributed by atoms with Crippen LogP contribution in [0, 0.1) is 6.92 Å². The number of rotatable bonds is 7. The van der Waals surface area contributed by atoms with Crippen LogP contribution in [0.5, 0.6) is 0 Å². The van der Waals surface area contributed by atoms with Gasteiger partial charge in [-0.1, -0.05) is 36.4 Å². The molecule has 0 saturated heterocycles. The summed E-state index contributed by atoms with van der Waals surface area (Å²) >= 11 is 0. The molecule has 1 aromatic heterocycles. The fourth-order valence-electron chi connectivity index (χ4n) is 2.56. The molecular weight excluding hydrogens is 378 g/mol. The summed E-state index contributed by atoms with van der Waals surface area (Å²) in [7, 11) is -3.94. The van der Waals surface area contributed by atoms with Gasteiger partial charge in [-0.2, -0.15) is 5.10 Å². The molecule has 8 heteroatoms. The average Bonchev–Trinajstić information content (AvgIpc) is 3.21. The van der Waals surface area contributed by atoms with Crippen molar-refractivity contribution in [3.8, 4) is 0 Å². The summed E-state index contributed by atoms with van der Waals surface area (Å²) in [5.41, 5.74) is 3.49. The Labute approximate surface area is 163 Å². The van der Waals surface area contributed by atoms with Gasteiger partial charge in [-0.05, 0) is 42.8 Å². The molecule has 0 radical (unpaired) electrons. The van der Waals surface area contributed by atoms with Crippen molar-refractivity contribution in [2.45, 2.75) is 11.8 Å². The van der Waals surface area contributed by atoms with Crippen molar-refractivity contribution < 1.29 is 17.6 Å². The number of hydrogen-bond acceptors (Lipinski definition) is 5. The summed E-state index contributed by atoms with van der Waals surface area (Å²) in [6.45, 7) is 1.37. The zero-order valence-corrected chi connectivity index (χ0v) is 16.0. The summed E-state index contributed by atoms with van der Waals surface area (Å²) in [6, 6.07) is 18.3. The van der Waals surface area contributed by atoms with Crippen LogP contribution in [-0.2, 0) is 14.8 Å². The Hall–Kier alpha value is -3.39. The quantitative estimate of drug-likeness (QED) is 0.490. The summed E-state index contributed by atoms with van der Waals surface area (Å²) in [5, 5.41) is 3.80. The number of furan rings is 1. The molecule has 0 aliphatic rings. The monoisotopic (exact) mass is 397 g/mol. The molecule has 0 atom stereocenters. The Morgan fingerprint density at radius 3 is 2.46 bits per heavy atom. The van der Waals surface area contributed by atoms with Gasteiger partial charge in [-0.3, -0.25) is 9.10 Å². The lowest BCUT2D eigenvalue weighted by molar-refractivity contribution is -0.119. The van der Waals surface area contributed by atoms with E-state index in [-0.39, 0.29) is 4.90 Å².